The Morgan fingerprint density at radius 3 is 2.41 bits per heavy atom. The predicted molar refractivity (Wildman–Crippen MR) is 81.8 cm³/mol. The Bertz CT molecular complexity index is 219. The maximum Gasteiger partial charge on any atom is 0.0696 e. The van der Waals surface area contributed by atoms with Crippen molar-refractivity contribution in [1.29, 1.82) is 0 Å². The van der Waals surface area contributed by atoms with Crippen molar-refractivity contribution in [3.63, 3.8) is 0 Å². The van der Waals surface area contributed by atoms with Gasteiger partial charge in [0.15, 0.2) is 0 Å². The summed E-state index contributed by atoms with van der Waals surface area (Å²) >= 11 is 2.64. The second-order valence-electron chi connectivity index (χ2n) is 6.08. The minimum Gasteiger partial charge on any atom is -0.374 e. The lowest BCUT2D eigenvalue weighted by molar-refractivity contribution is -0.0435. The highest BCUT2D eigenvalue weighted by atomic mass is 127. The third kappa shape index (κ3) is 4.70. The van der Waals surface area contributed by atoms with E-state index in [9.17, 15) is 0 Å². The molecule has 100 valence electrons. The SMILES string of the molecule is CC1CCCC(OC2CCCCCCC2I)C1. The van der Waals surface area contributed by atoms with Crippen LogP contribution in [0.1, 0.15) is 71.1 Å². The van der Waals surface area contributed by atoms with Crippen LogP contribution in [0.15, 0.2) is 0 Å². The molecule has 2 saturated carbocycles. The van der Waals surface area contributed by atoms with Crippen LogP contribution in [0.3, 0.4) is 0 Å². The highest BCUT2D eigenvalue weighted by molar-refractivity contribution is 14.1. The van der Waals surface area contributed by atoms with Gasteiger partial charge in [0.1, 0.15) is 0 Å². The first-order valence-electron chi connectivity index (χ1n) is 7.55. The Morgan fingerprint density at radius 1 is 0.882 bits per heavy atom. The molecule has 0 N–H and O–H groups in total. The molecule has 4 unspecified atom stereocenters. The molecule has 2 heteroatoms. The summed E-state index contributed by atoms with van der Waals surface area (Å²) in [4.78, 5) is 0. The van der Waals surface area contributed by atoms with E-state index in [0.717, 1.165) is 9.84 Å². The molecule has 0 saturated heterocycles. The van der Waals surface area contributed by atoms with Gasteiger partial charge in [0, 0.05) is 3.92 Å². The normalized spacial score (nSPS) is 40.6. The number of hydrogen-bond donors (Lipinski definition) is 0. The Labute approximate surface area is 120 Å². The van der Waals surface area contributed by atoms with E-state index < -0.39 is 0 Å². The summed E-state index contributed by atoms with van der Waals surface area (Å²) in [6, 6.07) is 0. The molecule has 2 rings (SSSR count). The number of ether oxygens (including phenoxy) is 1. The first-order chi connectivity index (χ1) is 8.25. The van der Waals surface area contributed by atoms with Crippen molar-refractivity contribution < 1.29 is 4.74 Å². The van der Waals surface area contributed by atoms with Crippen molar-refractivity contribution in [2.45, 2.75) is 87.3 Å². The summed E-state index contributed by atoms with van der Waals surface area (Å²) < 4.78 is 7.20. The minimum atomic E-state index is 0.547. The van der Waals surface area contributed by atoms with E-state index >= 15 is 0 Å². The Kier molecular flexibility index (Phi) is 6.07. The zero-order valence-electron chi connectivity index (χ0n) is 11.2. The molecular weight excluding hydrogens is 323 g/mol. The van der Waals surface area contributed by atoms with Crippen molar-refractivity contribution in [3.05, 3.63) is 0 Å². The number of alkyl halides is 1. The van der Waals surface area contributed by atoms with Gasteiger partial charge in [0.2, 0.25) is 0 Å². The van der Waals surface area contributed by atoms with E-state index in [0.29, 0.717) is 12.2 Å². The summed E-state index contributed by atoms with van der Waals surface area (Å²) in [7, 11) is 0. The van der Waals surface area contributed by atoms with Crippen molar-refractivity contribution in [2.75, 3.05) is 0 Å². The quantitative estimate of drug-likeness (QED) is 0.497. The fourth-order valence-corrected chi connectivity index (χ4v) is 4.28. The molecule has 0 aliphatic heterocycles. The van der Waals surface area contributed by atoms with Crippen molar-refractivity contribution in [2.24, 2.45) is 5.92 Å². The summed E-state index contributed by atoms with van der Waals surface area (Å²) in [5, 5.41) is 0. The van der Waals surface area contributed by atoms with Crippen molar-refractivity contribution in [1.82, 2.24) is 0 Å². The minimum absolute atomic E-state index is 0.547. The standard InChI is InChI=1S/C15H27IO/c1-12-7-6-8-13(11-12)17-15-10-5-3-2-4-9-14(15)16/h12-15H,2-11H2,1H3. The third-order valence-corrected chi connectivity index (χ3v) is 5.80. The molecule has 0 amide bonds. The van der Waals surface area contributed by atoms with Gasteiger partial charge in [0.05, 0.1) is 12.2 Å². The largest absolute Gasteiger partial charge is 0.374 e. The number of rotatable bonds is 2. The van der Waals surface area contributed by atoms with Crippen LogP contribution >= 0.6 is 22.6 Å². The lowest BCUT2D eigenvalue weighted by Gasteiger charge is -2.33. The van der Waals surface area contributed by atoms with Crippen LogP contribution in [0.25, 0.3) is 0 Å². The highest BCUT2D eigenvalue weighted by Crippen LogP contribution is 2.31. The smallest absolute Gasteiger partial charge is 0.0696 e. The fourth-order valence-electron chi connectivity index (χ4n) is 3.31. The van der Waals surface area contributed by atoms with Gasteiger partial charge in [-0.3, -0.25) is 0 Å². The number of hydrogen-bond acceptors (Lipinski definition) is 1. The molecule has 2 aliphatic carbocycles. The molecule has 1 nitrogen and oxygen atoms in total. The number of halogens is 1. The van der Waals surface area contributed by atoms with Crippen LogP contribution in [-0.2, 0) is 4.74 Å². The highest BCUT2D eigenvalue weighted by Gasteiger charge is 2.27. The van der Waals surface area contributed by atoms with Gasteiger partial charge >= 0.3 is 0 Å². The van der Waals surface area contributed by atoms with Crippen LogP contribution in [0.4, 0.5) is 0 Å². The monoisotopic (exact) mass is 350 g/mol. The summed E-state index contributed by atoms with van der Waals surface area (Å²) in [6.45, 7) is 2.38. The maximum atomic E-state index is 6.44. The van der Waals surface area contributed by atoms with E-state index in [1.54, 1.807) is 0 Å². The van der Waals surface area contributed by atoms with Crippen LogP contribution in [-0.4, -0.2) is 16.1 Å². The summed E-state index contributed by atoms with van der Waals surface area (Å²) in [6.07, 6.45) is 14.9. The molecule has 2 aliphatic rings. The van der Waals surface area contributed by atoms with E-state index in [2.05, 4.69) is 29.5 Å². The van der Waals surface area contributed by atoms with Gasteiger partial charge in [-0.15, -0.1) is 0 Å². The topological polar surface area (TPSA) is 9.23 Å². The zero-order chi connectivity index (χ0) is 12.1. The fraction of sp³-hybridized carbons (Fsp3) is 1.00. The van der Waals surface area contributed by atoms with E-state index in [-0.39, 0.29) is 0 Å². The summed E-state index contributed by atoms with van der Waals surface area (Å²) in [5.74, 6) is 0.884. The molecular formula is C15H27IO. The molecule has 4 atom stereocenters. The first kappa shape index (κ1) is 14.1. The van der Waals surface area contributed by atoms with Gasteiger partial charge in [-0.05, 0) is 31.6 Å². The lowest BCUT2D eigenvalue weighted by atomic mass is 9.88. The van der Waals surface area contributed by atoms with Crippen LogP contribution in [0.2, 0.25) is 0 Å². The van der Waals surface area contributed by atoms with Gasteiger partial charge in [-0.2, -0.15) is 0 Å². The first-order valence-corrected chi connectivity index (χ1v) is 8.80. The molecule has 0 heterocycles. The molecule has 17 heavy (non-hydrogen) atoms. The maximum absolute atomic E-state index is 6.44. The van der Waals surface area contributed by atoms with E-state index in [4.69, 9.17) is 4.74 Å². The predicted octanol–water partition coefficient (Wildman–Crippen LogP) is 5.11. The lowest BCUT2D eigenvalue weighted by Crippen LogP contribution is -2.32. The third-order valence-electron chi connectivity index (χ3n) is 4.38. The Hall–Kier alpha value is 0.690. The molecule has 0 spiro atoms. The Morgan fingerprint density at radius 2 is 1.65 bits per heavy atom. The summed E-state index contributed by atoms with van der Waals surface area (Å²) in [5.41, 5.74) is 0. The van der Waals surface area contributed by atoms with Gasteiger partial charge in [-0.1, -0.05) is 68.0 Å². The van der Waals surface area contributed by atoms with Crippen LogP contribution in [0.5, 0.6) is 0 Å². The second-order valence-corrected chi connectivity index (χ2v) is 7.68. The van der Waals surface area contributed by atoms with Gasteiger partial charge < -0.3 is 4.74 Å². The Balaban J connectivity index is 1.81. The van der Waals surface area contributed by atoms with E-state index in [1.807, 2.05) is 0 Å². The van der Waals surface area contributed by atoms with Gasteiger partial charge in [-0.25, -0.2) is 0 Å². The molecule has 0 aromatic carbocycles. The molecule has 2 fully saturated rings. The van der Waals surface area contributed by atoms with Crippen LogP contribution in [0, 0.1) is 5.92 Å². The molecule has 0 bridgehead atoms. The van der Waals surface area contributed by atoms with Gasteiger partial charge in [0.25, 0.3) is 0 Å². The molecule has 0 aromatic heterocycles. The average molecular weight is 350 g/mol. The zero-order valence-corrected chi connectivity index (χ0v) is 13.3. The van der Waals surface area contributed by atoms with Crippen molar-refractivity contribution >= 4 is 22.6 Å². The average Bonchev–Trinajstić information content (AvgIpc) is 2.29. The second kappa shape index (κ2) is 7.32. The van der Waals surface area contributed by atoms with Crippen LogP contribution < -0.4 is 0 Å². The van der Waals surface area contributed by atoms with E-state index in [1.165, 1.54) is 64.2 Å². The molecule has 0 radical (unpaired) electrons. The van der Waals surface area contributed by atoms with Crippen molar-refractivity contribution in [3.8, 4) is 0 Å². The molecule has 0 aromatic rings.